The zero-order valence-corrected chi connectivity index (χ0v) is 15.3. The van der Waals surface area contributed by atoms with Gasteiger partial charge in [0.1, 0.15) is 11.6 Å². The lowest BCUT2D eigenvalue weighted by molar-refractivity contribution is -0.0506. The minimum atomic E-state index is -3.03. The fourth-order valence-corrected chi connectivity index (χ4v) is 2.58. The summed E-state index contributed by atoms with van der Waals surface area (Å²) in [6.07, 6.45) is 2.65. The molecule has 0 aliphatic rings. The highest BCUT2D eigenvalue weighted by molar-refractivity contribution is 5.79. The summed E-state index contributed by atoms with van der Waals surface area (Å²) in [5.41, 5.74) is -0.0227. The Morgan fingerprint density at radius 2 is 2.00 bits per heavy atom. The van der Waals surface area contributed by atoms with Crippen LogP contribution in [0, 0.1) is 11.7 Å². The van der Waals surface area contributed by atoms with E-state index >= 15 is 0 Å². The minimum absolute atomic E-state index is 0.0227. The van der Waals surface area contributed by atoms with E-state index in [1.165, 1.54) is 18.2 Å². The molecule has 3 N–H and O–H groups in total. The van der Waals surface area contributed by atoms with Gasteiger partial charge in [-0.3, -0.25) is 0 Å². The molecule has 0 heterocycles. The number of nitrogens with zero attached hydrogens (tertiary/aromatic N) is 1. The summed E-state index contributed by atoms with van der Waals surface area (Å²) in [5, 5.41) is 15.3. The van der Waals surface area contributed by atoms with Crippen LogP contribution in [0.2, 0.25) is 0 Å². The second-order valence-electron chi connectivity index (χ2n) is 5.84. The van der Waals surface area contributed by atoms with Crippen molar-refractivity contribution in [3.8, 4) is 5.75 Å². The smallest absolute Gasteiger partial charge is 0.387 e. The molecule has 0 saturated carbocycles. The van der Waals surface area contributed by atoms with Gasteiger partial charge in [0.05, 0.1) is 12.1 Å². The average molecular weight is 375 g/mol. The molecule has 0 spiro atoms. The summed E-state index contributed by atoms with van der Waals surface area (Å²) < 4.78 is 43.3. The van der Waals surface area contributed by atoms with Crippen LogP contribution in [0.3, 0.4) is 0 Å². The number of halogens is 3. The Labute approximate surface area is 152 Å². The standard InChI is InChI=1S/C18H28F3N3O2/c1-3-6-13(9-10-25)11-23-18(22-4-2)24-12-14-15(19)7-5-8-16(14)26-17(20)21/h5,7-8,13,17,25H,3-4,6,9-12H2,1-2H3,(H2,22,23,24). The zero-order chi connectivity index (χ0) is 19.4. The van der Waals surface area contributed by atoms with Crippen LogP contribution in [0.1, 0.15) is 38.7 Å². The molecule has 0 saturated heterocycles. The number of rotatable bonds is 11. The van der Waals surface area contributed by atoms with Gasteiger partial charge < -0.3 is 20.5 Å². The maximum absolute atomic E-state index is 14.0. The van der Waals surface area contributed by atoms with Gasteiger partial charge in [-0.1, -0.05) is 19.4 Å². The first kappa shape index (κ1) is 22.1. The van der Waals surface area contributed by atoms with Gasteiger partial charge in [-0.15, -0.1) is 0 Å². The van der Waals surface area contributed by atoms with Crippen molar-refractivity contribution in [2.75, 3.05) is 19.7 Å². The van der Waals surface area contributed by atoms with Crippen LogP contribution < -0.4 is 15.4 Å². The van der Waals surface area contributed by atoms with Crippen LogP contribution in [0.25, 0.3) is 0 Å². The van der Waals surface area contributed by atoms with Crippen LogP contribution in [0.15, 0.2) is 23.2 Å². The number of hydrogen-bond donors (Lipinski definition) is 3. The van der Waals surface area contributed by atoms with Crippen molar-refractivity contribution < 1.29 is 23.0 Å². The molecular weight excluding hydrogens is 347 g/mol. The zero-order valence-electron chi connectivity index (χ0n) is 15.3. The summed E-state index contributed by atoms with van der Waals surface area (Å²) >= 11 is 0. The predicted octanol–water partition coefficient (Wildman–Crippen LogP) is 3.28. The topological polar surface area (TPSA) is 65.9 Å². The molecule has 1 unspecified atom stereocenters. The first-order valence-electron chi connectivity index (χ1n) is 8.86. The van der Waals surface area contributed by atoms with E-state index in [9.17, 15) is 13.2 Å². The van der Waals surface area contributed by atoms with Gasteiger partial charge in [-0.05, 0) is 37.8 Å². The maximum Gasteiger partial charge on any atom is 0.387 e. The molecule has 1 rings (SSSR count). The third kappa shape index (κ3) is 7.95. The van der Waals surface area contributed by atoms with Crippen LogP contribution in [-0.2, 0) is 6.54 Å². The highest BCUT2D eigenvalue weighted by atomic mass is 19.3. The van der Waals surface area contributed by atoms with Crippen molar-refractivity contribution in [3.63, 3.8) is 0 Å². The lowest BCUT2D eigenvalue weighted by atomic mass is 10.0. The van der Waals surface area contributed by atoms with Gasteiger partial charge in [0.2, 0.25) is 0 Å². The highest BCUT2D eigenvalue weighted by Crippen LogP contribution is 2.24. The SMILES string of the molecule is CCCC(CCO)CNC(=NCc1c(F)cccc1OC(F)F)NCC. The maximum atomic E-state index is 14.0. The third-order valence-electron chi connectivity index (χ3n) is 3.82. The lowest BCUT2D eigenvalue weighted by Crippen LogP contribution is -2.40. The van der Waals surface area contributed by atoms with Gasteiger partial charge >= 0.3 is 6.61 Å². The first-order chi connectivity index (χ1) is 12.5. The van der Waals surface area contributed by atoms with Gasteiger partial charge in [0.15, 0.2) is 5.96 Å². The van der Waals surface area contributed by atoms with Gasteiger partial charge in [0, 0.05) is 19.7 Å². The van der Waals surface area contributed by atoms with E-state index in [-0.39, 0.29) is 24.5 Å². The Kier molecular flexibility index (Phi) is 10.5. The molecule has 148 valence electrons. The number of aliphatic imine (C=N–C) groups is 1. The average Bonchev–Trinajstić information content (AvgIpc) is 2.58. The van der Waals surface area contributed by atoms with Crippen LogP contribution in [-0.4, -0.2) is 37.4 Å². The second kappa shape index (κ2) is 12.4. The lowest BCUT2D eigenvalue weighted by Gasteiger charge is -2.18. The molecule has 1 atom stereocenters. The largest absolute Gasteiger partial charge is 0.434 e. The molecule has 1 aromatic carbocycles. The Hall–Kier alpha value is -1.96. The third-order valence-corrected chi connectivity index (χ3v) is 3.82. The Bertz CT molecular complexity index is 550. The molecule has 1 aromatic rings. The van der Waals surface area contributed by atoms with Crippen LogP contribution in [0.4, 0.5) is 13.2 Å². The van der Waals surface area contributed by atoms with E-state index in [2.05, 4.69) is 27.3 Å². The molecule has 0 aliphatic carbocycles. The fraction of sp³-hybridized carbons (Fsp3) is 0.611. The fourth-order valence-electron chi connectivity index (χ4n) is 2.58. The molecule has 0 amide bonds. The summed E-state index contributed by atoms with van der Waals surface area (Å²) in [7, 11) is 0. The number of guanidine groups is 1. The number of hydrogen-bond acceptors (Lipinski definition) is 3. The monoisotopic (exact) mass is 375 g/mol. The Balaban J connectivity index is 2.83. The second-order valence-corrected chi connectivity index (χ2v) is 5.84. The number of ether oxygens (including phenoxy) is 1. The molecule has 0 bridgehead atoms. The van der Waals surface area contributed by atoms with Gasteiger partial charge in [0.25, 0.3) is 0 Å². The summed E-state index contributed by atoms with van der Waals surface area (Å²) in [5.74, 6) is -0.117. The van der Waals surface area contributed by atoms with E-state index in [0.717, 1.165) is 12.8 Å². The molecule has 5 nitrogen and oxygen atoms in total. The number of aliphatic hydroxyl groups is 1. The number of aliphatic hydroxyl groups excluding tert-OH is 1. The summed E-state index contributed by atoms with van der Waals surface area (Å²) in [6, 6.07) is 3.79. The Morgan fingerprint density at radius 1 is 1.23 bits per heavy atom. The summed E-state index contributed by atoms with van der Waals surface area (Å²) in [6.45, 7) is 2.13. The van der Waals surface area contributed by atoms with Crippen molar-refractivity contribution in [1.29, 1.82) is 0 Å². The van der Waals surface area contributed by atoms with Crippen molar-refractivity contribution in [3.05, 3.63) is 29.6 Å². The molecular formula is C18H28F3N3O2. The van der Waals surface area contributed by atoms with Crippen molar-refractivity contribution in [2.24, 2.45) is 10.9 Å². The predicted molar refractivity (Wildman–Crippen MR) is 96.0 cm³/mol. The number of nitrogens with one attached hydrogen (secondary N) is 2. The Morgan fingerprint density at radius 3 is 2.62 bits per heavy atom. The van der Waals surface area contributed by atoms with Crippen LogP contribution in [0.5, 0.6) is 5.75 Å². The van der Waals surface area contributed by atoms with E-state index in [1.807, 2.05) is 6.92 Å². The van der Waals surface area contributed by atoms with E-state index < -0.39 is 12.4 Å². The van der Waals surface area contributed by atoms with E-state index in [4.69, 9.17) is 5.11 Å². The minimum Gasteiger partial charge on any atom is -0.434 e. The first-order valence-corrected chi connectivity index (χ1v) is 8.86. The van der Waals surface area contributed by atoms with Crippen molar-refractivity contribution in [2.45, 2.75) is 46.3 Å². The molecule has 0 aromatic heterocycles. The summed E-state index contributed by atoms with van der Waals surface area (Å²) in [4.78, 5) is 4.27. The molecule has 0 aliphatic heterocycles. The van der Waals surface area contributed by atoms with E-state index in [0.29, 0.717) is 31.4 Å². The number of benzene rings is 1. The van der Waals surface area contributed by atoms with Crippen molar-refractivity contribution >= 4 is 5.96 Å². The molecule has 26 heavy (non-hydrogen) atoms. The van der Waals surface area contributed by atoms with Gasteiger partial charge in [-0.25, -0.2) is 9.38 Å². The quantitative estimate of drug-likeness (QED) is 0.410. The normalized spacial score (nSPS) is 13.0. The molecule has 0 fully saturated rings. The van der Waals surface area contributed by atoms with Crippen molar-refractivity contribution in [1.82, 2.24) is 10.6 Å². The molecule has 8 heteroatoms. The number of alkyl halides is 2. The van der Waals surface area contributed by atoms with Gasteiger partial charge in [-0.2, -0.15) is 8.78 Å². The van der Waals surface area contributed by atoms with E-state index in [1.54, 1.807) is 0 Å². The highest BCUT2D eigenvalue weighted by Gasteiger charge is 2.14. The van der Waals surface area contributed by atoms with Crippen LogP contribution >= 0.6 is 0 Å². The molecule has 0 radical (unpaired) electrons.